The standard InChI is InChI=1S/C19H19Cl2N3O3.Li.H/c1-9-15(20)16(21)18(22-9)19(27)23-17-12-7-24(8-13(12)17)11-4-2-10(3-5-11)6-14(25)26;;/h2-5,12-13,17,22H,6-8H2,1H3,(H,23,27)(H,25,26);;/t12-,13+,17?;;. The van der Waals surface area contributed by atoms with Crippen molar-refractivity contribution in [2.75, 3.05) is 18.0 Å². The first kappa shape index (κ1) is 21.1. The summed E-state index contributed by atoms with van der Waals surface area (Å²) >= 11 is 12.1. The predicted octanol–water partition coefficient (Wildman–Crippen LogP) is 2.47. The molecule has 2 heterocycles. The molecule has 2 aliphatic rings. The molecule has 2 aromatic rings. The number of nitrogens with zero attached hydrogens (tertiary/aromatic N) is 1. The zero-order valence-electron chi connectivity index (χ0n) is 14.6. The van der Waals surface area contributed by atoms with E-state index >= 15 is 0 Å². The van der Waals surface area contributed by atoms with Gasteiger partial charge in [0.25, 0.3) is 5.91 Å². The average Bonchev–Trinajstić information content (AvgIpc) is 2.96. The van der Waals surface area contributed by atoms with Gasteiger partial charge in [-0.2, -0.15) is 0 Å². The first-order chi connectivity index (χ1) is 12.8. The van der Waals surface area contributed by atoms with Crippen LogP contribution in [0.4, 0.5) is 5.69 Å². The molecule has 0 spiro atoms. The Kier molecular flexibility index (Phi) is 6.07. The van der Waals surface area contributed by atoms with E-state index in [0.29, 0.717) is 28.2 Å². The number of aliphatic carboxylic acids is 1. The molecule has 28 heavy (non-hydrogen) atoms. The Morgan fingerprint density at radius 2 is 1.79 bits per heavy atom. The number of aryl methyl sites for hydroxylation is 1. The molecule has 9 heteroatoms. The predicted molar refractivity (Wildman–Crippen MR) is 111 cm³/mol. The van der Waals surface area contributed by atoms with Gasteiger partial charge in [0.1, 0.15) is 5.69 Å². The average molecular weight is 416 g/mol. The van der Waals surface area contributed by atoms with Gasteiger partial charge >= 0.3 is 24.8 Å². The first-order valence-corrected chi connectivity index (χ1v) is 9.51. The molecule has 1 unspecified atom stereocenters. The number of rotatable bonds is 5. The molecule has 0 radical (unpaired) electrons. The van der Waals surface area contributed by atoms with E-state index in [0.717, 1.165) is 24.3 Å². The fourth-order valence-corrected chi connectivity index (χ4v) is 4.32. The van der Waals surface area contributed by atoms with Gasteiger partial charge in [-0.15, -0.1) is 0 Å². The number of aromatic nitrogens is 1. The number of anilines is 1. The summed E-state index contributed by atoms with van der Waals surface area (Å²) in [7, 11) is 0. The third kappa shape index (κ3) is 3.92. The maximum atomic E-state index is 12.4. The van der Waals surface area contributed by atoms with Gasteiger partial charge in [-0.05, 0) is 24.6 Å². The summed E-state index contributed by atoms with van der Waals surface area (Å²) in [6.07, 6.45) is 0.0322. The molecule has 1 aliphatic carbocycles. The van der Waals surface area contributed by atoms with Crippen LogP contribution in [0.2, 0.25) is 10.0 Å². The Morgan fingerprint density at radius 1 is 1.18 bits per heavy atom. The molecule has 1 aromatic heterocycles. The van der Waals surface area contributed by atoms with Crippen molar-refractivity contribution in [2.24, 2.45) is 11.8 Å². The van der Waals surface area contributed by atoms with Crippen molar-refractivity contribution in [2.45, 2.75) is 19.4 Å². The first-order valence-electron chi connectivity index (χ1n) is 8.75. The minimum absolute atomic E-state index is 0. The number of carbonyl (C=O) groups is 2. The molecule has 1 saturated carbocycles. The van der Waals surface area contributed by atoms with E-state index in [4.69, 9.17) is 28.3 Å². The second-order valence-electron chi connectivity index (χ2n) is 7.22. The summed E-state index contributed by atoms with van der Waals surface area (Å²) in [4.78, 5) is 28.4. The molecule has 6 nitrogen and oxygen atoms in total. The number of H-pyrrole nitrogens is 1. The number of nitrogens with one attached hydrogen (secondary N) is 2. The van der Waals surface area contributed by atoms with E-state index in [1.165, 1.54) is 0 Å². The number of aromatic amines is 1. The third-order valence-corrected chi connectivity index (χ3v) is 6.38. The summed E-state index contributed by atoms with van der Waals surface area (Å²) in [6.45, 7) is 3.51. The number of benzene rings is 1. The van der Waals surface area contributed by atoms with Crippen LogP contribution < -0.4 is 10.2 Å². The molecule has 3 atom stereocenters. The maximum absolute atomic E-state index is 12.4. The van der Waals surface area contributed by atoms with Crippen LogP contribution in [0.15, 0.2) is 24.3 Å². The van der Waals surface area contributed by atoms with Crippen LogP contribution in [0.25, 0.3) is 0 Å². The van der Waals surface area contributed by atoms with Gasteiger partial charge in [0.2, 0.25) is 0 Å². The van der Waals surface area contributed by atoms with Crippen LogP contribution in [0.5, 0.6) is 0 Å². The Balaban J connectivity index is 0.00000225. The van der Waals surface area contributed by atoms with E-state index in [-0.39, 0.29) is 42.3 Å². The summed E-state index contributed by atoms with van der Waals surface area (Å²) in [5.74, 6) is -0.225. The molecule has 1 saturated heterocycles. The van der Waals surface area contributed by atoms with E-state index in [1.807, 2.05) is 24.3 Å². The number of carboxylic acids is 1. The van der Waals surface area contributed by atoms with Gasteiger partial charge in [-0.3, -0.25) is 9.59 Å². The van der Waals surface area contributed by atoms with Gasteiger partial charge in [0.05, 0.1) is 16.5 Å². The topological polar surface area (TPSA) is 85.4 Å². The van der Waals surface area contributed by atoms with E-state index < -0.39 is 5.97 Å². The fourth-order valence-electron chi connectivity index (χ4n) is 3.90. The number of amides is 1. The molecule has 1 aromatic carbocycles. The van der Waals surface area contributed by atoms with Crippen LogP contribution in [-0.2, 0) is 11.2 Å². The molecule has 4 rings (SSSR count). The SMILES string of the molecule is Cc1[nH]c(C(=O)NC2[C@H]3CN(c4ccc(CC(=O)O)cc4)C[C@@H]23)c(Cl)c1Cl.[LiH]. The fraction of sp³-hybridized carbons (Fsp3) is 0.368. The van der Waals surface area contributed by atoms with Crippen molar-refractivity contribution >= 4 is 59.6 Å². The van der Waals surface area contributed by atoms with Crippen molar-refractivity contribution in [3.05, 3.63) is 51.3 Å². The summed E-state index contributed by atoms with van der Waals surface area (Å²) in [5, 5.41) is 12.5. The number of fused-ring (bicyclic) bond motifs is 1. The quantitative estimate of drug-likeness (QED) is 0.654. The Hall–Kier alpha value is -1.58. The van der Waals surface area contributed by atoms with Crippen molar-refractivity contribution < 1.29 is 14.7 Å². The Labute approximate surface area is 184 Å². The molecule has 0 bridgehead atoms. The number of carboxylic acid groups (broad SMARTS) is 1. The second-order valence-corrected chi connectivity index (χ2v) is 7.98. The van der Waals surface area contributed by atoms with Gasteiger partial charge in [0, 0.05) is 42.3 Å². The van der Waals surface area contributed by atoms with Gasteiger partial charge < -0.3 is 20.3 Å². The van der Waals surface area contributed by atoms with Crippen molar-refractivity contribution in [3.8, 4) is 0 Å². The number of halogens is 2. The van der Waals surface area contributed by atoms with Crippen LogP contribution in [-0.4, -0.2) is 60.0 Å². The van der Waals surface area contributed by atoms with Gasteiger partial charge in [-0.25, -0.2) is 0 Å². The zero-order chi connectivity index (χ0) is 19.3. The van der Waals surface area contributed by atoms with E-state index in [9.17, 15) is 9.59 Å². The molecular weight excluding hydrogens is 396 g/mol. The van der Waals surface area contributed by atoms with Crippen LogP contribution in [0.1, 0.15) is 21.7 Å². The molecule has 144 valence electrons. The number of hydrogen-bond acceptors (Lipinski definition) is 3. The number of hydrogen-bond donors (Lipinski definition) is 3. The number of piperidine rings is 1. The summed E-state index contributed by atoms with van der Waals surface area (Å²) < 4.78 is 0. The normalized spacial score (nSPS) is 22.4. The Bertz CT molecular complexity index is 904. The van der Waals surface area contributed by atoms with Crippen molar-refractivity contribution in [1.82, 2.24) is 10.3 Å². The second kappa shape index (κ2) is 8.04. The summed E-state index contributed by atoms with van der Waals surface area (Å²) in [5.41, 5.74) is 2.86. The molecular formula is C19H20Cl2LiN3O3. The monoisotopic (exact) mass is 415 g/mol. The van der Waals surface area contributed by atoms with Crippen molar-refractivity contribution in [3.63, 3.8) is 0 Å². The van der Waals surface area contributed by atoms with Gasteiger partial charge in [-0.1, -0.05) is 35.3 Å². The Morgan fingerprint density at radius 3 is 2.29 bits per heavy atom. The third-order valence-electron chi connectivity index (χ3n) is 5.43. The number of carbonyl (C=O) groups excluding carboxylic acids is 1. The van der Waals surface area contributed by atoms with E-state index in [2.05, 4.69) is 15.2 Å². The van der Waals surface area contributed by atoms with Crippen LogP contribution >= 0.6 is 23.2 Å². The van der Waals surface area contributed by atoms with Gasteiger partial charge in [0.15, 0.2) is 0 Å². The van der Waals surface area contributed by atoms with Crippen molar-refractivity contribution in [1.29, 1.82) is 0 Å². The zero-order valence-corrected chi connectivity index (χ0v) is 16.1. The van der Waals surface area contributed by atoms with Crippen LogP contribution in [0, 0.1) is 18.8 Å². The minimum atomic E-state index is -0.831. The van der Waals surface area contributed by atoms with Crippen LogP contribution in [0.3, 0.4) is 0 Å². The molecule has 2 fully saturated rings. The summed E-state index contributed by atoms with van der Waals surface area (Å²) in [6, 6.07) is 7.77. The van der Waals surface area contributed by atoms with E-state index in [1.54, 1.807) is 6.92 Å². The molecule has 1 aliphatic heterocycles. The molecule has 1 amide bonds. The molecule has 3 N–H and O–H groups in total.